The van der Waals surface area contributed by atoms with Crippen molar-refractivity contribution in [1.29, 1.82) is 0 Å². The van der Waals surface area contributed by atoms with Gasteiger partial charge in [-0.25, -0.2) is 0 Å². The van der Waals surface area contributed by atoms with Gasteiger partial charge < -0.3 is 5.11 Å². The van der Waals surface area contributed by atoms with Crippen LogP contribution in [0, 0.1) is 0 Å². The van der Waals surface area contributed by atoms with Crippen molar-refractivity contribution >= 4 is 33.3 Å². The highest BCUT2D eigenvalue weighted by molar-refractivity contribution is 9.10. The largest absolute Gasteiger partial charge is 0.506 e. The van der Waals surface area contributed by atoms with E-state index in [9.17, 15) is 9.90 Å². The molecular formula is C10H8BrClO2. The number of phenols is 1. The summed E-state index contributed by atoms with van der Waals surface area (Å²) in [5.41, 5.74) is 1.16. The average Bonchev–Trinajstić information content (AvgIpc) is 2.38. The van der Waals surface area contributed by atoms with Gasteiger partial charge in [0.25, 0.3) is 0 Å². The van der Waals surface area contributed by atoms with Crippen LogP contribution in [0.5, 0.6) is 5.75 Å². The number of benzene rings is 1. The maximum atomic E-state index is 11.6. The normalized spacial score (nSPS) is 19.9. The number of fused-ring (bicyclic) bond motifs is 1. The topological polar surface area (TPSA) is 37.3 Å². The number of halogens is 2. The third kappa shape index (κ3) is 1.27. The number of hydrogen-bond acceptors (Lipinski definition) is 2. The molecule has 1 aromatic rings. The standard InChI is InChI=1S/C10H8BrClO2/c1-4-2-7(13)9-8(4)6(12)3-5(11)10(9)14/h3-4,14H,2H2,1H3/t4-/m0/s1. The number of aromatic hydroxyl groups is 1. The van der Waals surface area contributed by atoms with Crippen molar-refractivity contribution in [2.24, 2.45) is 0 Å². The summed E-state index contributed by atoms with van der Waals surface area (Å²) in [6.07, 6.45) is 0.430. The molecule has 0 heterocycles. The zero-order valence-electron chi connectivity index (χ0n) is 7.47. The van der Waals surface area contributed by atoms with Crippen LogP contribution in [0.2, 0.25) is 5.02 Å². The van der Waals surface area contributed by atoms with Crippen molar-refractivity contribution in [2.45, 2.75) is 19.3 Å². The Balaban J connectivity index is 2.79. The summed E-state index contributed by atoms with van der Waals surface area (Å²) < 4.78 is 0.476. The summed E-state index contributed by atoms with van der Waals surface area (Å²) in [5, 5.41) is 10.2. The van der Waals surface area contributed by atoms with Gasteiger partial charge in [0.05, 0.1) is 10.0 Å². The fourth-order valence-corrected chi connectivity index (χ4v) is 2.82. The Morgan fingerprint density at radius 1 is 1.64 bits per heavy atom. The van der Waals surface area contributed by atoms with E-state index in [1.54, 1.807) is 6.07 Å². The first-order valence-electron chi connectivity index (χ1n) is 4.26. The molecule has 1 atom stereocenters. The van der Waals surface area contributed by atoms with Gasteiger partial charge in [-0.15, -0.1) is 0 Å². The number of carbonyl (C=O) groups is 1. The van der Waals surface area contributed by atoms with E-state index in [-0.39, 0.29) is 17.5 Å². The van der Waals surface area contributed by atoms with E-state index in [0.717, 1.165) is 5.56 Å². The maximum absolute atomic E-state index is 11.6. The first-order valence-corrected chi connectivity index (χ1v) is 5.43. The quantitative estimate of drug-likeness (QED) is 0.787. The number of phenolic OH excluding ortho intramolecular Hbond substituents is 1. The minimum absolute atomic E-state index is 0.0127. The van der Waals surface area contributed by atoms with E-state index in [0.29, 0.717) is 21.5 Å². The zero-order chi connectivity index (χ0) is 10.5. The van der Waals surface area contributed by atoms with Gasteiger partial charge in [0.2, 0.25) is 0 Å². The highest BCUT2D eigenvalue weighted by Crippen LogP contribution is 2.45. The van der Waals surface area contributed by atoms with Crippen molar-refractivity contribution in [3.63, 3.8) is 0 Å². The Morgan fingerprint density at radius 2 is 2.29 bits per heavy atom. The van der Waals surface area contributed by atoms with Crippen LogP contribution in [0.25, 0.3) is 0 Å². The molecule has 2 rings (SSSR count). The van der Waals surface area contributed by atoms with Crippen LogP contribution in [0.4, 0.5) is 0 Å². The Kier molecular flexibility index (Phi) is 2.32. The molecule has 74 valence electrons. The molecule has 1 aromatic carbocycles. The third-order valence-corrected chi connectivity index (χ3v) is 3.42. The van der Waals surface area contributed by atoms with Crippen molar-refractivity contribution < 1.29 is 9.90 Å². The van der Waals surface area contributed by atoms with Crippen LogP contribution < -0.4 is 0 Å². The predicted molar refractivity (Wildman–Crippen MR) is 58.2 cm³/mol. The van der Waals surface area contributed by atoms with Gasteiger partial charge in [-0.3, -0.25) is 4.79 Å². The second-order valence-corrected chi connectivity index (χ2v) is 4.77. The molecular weight excluding hydrogens is 267 g/mol. The molecule has 0 spiro atoms. The zero-order valence-corrected chi connectivity index (χ0v) is 9.82. The minimum Gasteiger partial charge on any atom is -0.506 e. The molecule has 0 saturated carbocycles. The summed E-state index contributed by atoms with van der Waals surface area (Å²) >= 11 is 9.17. The van der Waals surface area contributed by atoms with E-state index in [1.807, 2.05) is 6.92 Å². The average molecular weight is 276 g/mol. The van der Waals surface area contributed by atoms with E-state index < -0.39 is 0 Å². The smallest absolute Gasteiger partial charge is 0.167 e. The highest BCUT2D eigenvalue weighted by atomic mass is 79.9. The second kappa shape index (κ2) is 3.24. The van der Waals surface area contributed by atoms with Crippen LogP contribution in [0.1, 0.15) is 35.2 Å². The van der Waals surface area contributed by atoms with Gasteiger partial charge in [-0.2, -0.15) is 0 Å². The van der Waals surface area contributed by atoms with Crippen LogP contribution in [0.15, 0.2) is 10.5 Å². The number of ketones is 1. The predicted octanol–water partition coefficient (Wildman–Crippen LogP) is 3.50. The molecule has 1 N–H and O–H groups in total. The SMILES string of the molecule is C[C@H]1CC(=O)c2c(O)c(Br)cc(Cl)c21. The minimum atomic E-state index is -0.0341. The van der Waals surface area contributed by atoms with Crippen molar-refractivity contribution in [1.82, 2.24) is 0 Å². The lowest BCUT2D eigenvalue weighted by atomic mass is 10.0. The summed E-state index contributed by atoms with van der Waals surface area (Å²) in [6, 6.07) is 1.63. The first kappa shape index (κ1) is 9.99. The van der Waals surface area contributed by atoms with Gasteiger partial charge in [0.1, 0.15) is 5.75 Å². The van der Waals surface area contributed by atoms with Gasteiger partial charge in [0.15, 0.2) is 5.78 Å². The van der Waals surface area contributed by atoms with Crippen molar-refractivity contribution in [3.8, 4) is 5.75 Å². The number of rotatable bonds is 0. The summed E-state index contributed by atoms with van der Waals surface area (Å²) in [4.78, 5) is 11.6. The molecule has 0 fully saturated rings. The number of Topliss-reactive ketones (excluding diaryl/α,β-unsaturated/α-hetero) is 1. The fourth-order valence-electron chi connectivity index (χ4n) is 1.87. The van der Waals surface area contributed by atoms with E-state index in [1.165, 1.54) is 0 Å². The van der Waals surface area contributed by atoms with Crippen LogP contribution >= 0.6 is 27.5 Å². The first-order chi connectivity index (χ1) is 6.52. The molecule has 0 radical (unpaired) electrons. The van der Waals surface area contributed by atoms with Crippen LogP contribution in [0.3, 0.4) is 0 Å². The molecule has 0 aliphatic heterocycles. The van der Waals surface area contributed by atoms with Crippen molar-refractivity contribution in [3.05, 3.63) is 26.7 Å². The molecule has 0 bridgehead atoms. The van der Waals surface area contributed by atoms with Crippen molar-refractivity contribution in [2.75, 3.05) is 0 Å². The molecule has 1 aliphatic rings. The van der Waals surface area contributed by atoms with Gasteiger partial charge in [0, 0.05) is 11.4 Å². The van der Waals surface area contributed by atoms with Gasteiger partial charge >= 0.3 is 0 Å². The fraction of sp³-hybridized carbons (Fsp3) is 0.300. The molecule has 0 aromatic heterocycles. The summed E-state index contributed by atoms with van der Waals surface area (Å²) in [5.74, 6) is 0.0796. The molecule has 0 unspecified atom stereocenters. The molecule has 1 aliphatic carbocycles. The van der Waals surface area contributed by atoms with Gasteiger partial charge in [-0.05, 0) is 33.5 Å². The maximum Gasteiger partial charge on any atom is 0.167 e. The third-order valence-electron chi connectivity index (χ3n) is 2.51. The van der Waals surface area contributed by atoms with E-state index in [4.69, 9.17) is 11.6 Å². The Morgan fingerprint density at radius 3 is 2.93 bits per heavy atom. The molecule has 0 amide bonds. The summed E-state index contributed by atoms with van der Waals surface area (Å²) in [7, 11) is 0. The van der Waals surface area contributed by atoms with E-state index >= 15 is 0 Å². The Hall–Kier alpha value is -0.540. The van der Waals surface area contributed by atoms with E-state index in [2.05, 4.69) is 15.9 Å². The molecule has 0 saturated heterocycles. The molecule has 14 heavy (non-hydrogen) atoms. The molecule has 4 heteroatoms. The van der Waals surface area contributed by atoms with Gasteiger partial charge in [-0.1, -0.05) is 18.5 Å². The highest BCUT2D eigenvalue weighted by Gasteiger charge is 2.32. The monoisotopic (exact) mass is 274 g/mol. The molecule has 2 nitrogen and oxygen atoms in total. The summed E-state index contributed by atoms with van der Waals surface area (Å²) in [6.45, 7) is 1.93. The number of carbonyl (C=O) groups excluding carboxylic acids is 1. The lowest BCUT2D eigenvalue weighted by Gasteiger charge is -2.08. The van der Waals surface area contributed by atoms with Crippen LogP contribution in [-0.4, -0.2) is 10.9 Å². The Labute approximate surface area is 95.0 Å². The second-order valence-electron chi connectivity index (χ2n) is 3.51. The van der Waals surface area contributed by atoms with Crippen LogP contribution in [-0.2, 0) is 0 Å². The lowest BCUT2D eigenvalue weighted by Crippen LogP contribution is -1.93. The lowest BCUT2D eigenvalue weighted by molar-refractivity contribution is 0.0988. The number of hydrogen-bond donors (Lipinski definition) is 1. The Bertz CT molecular complexity index is 429.